The van der Waals surface area contributed by atoms with E-state index in [0.29, 0.717) is 43.5 Å². The quantitative estimate of drug-likeness (QED) is 0.414. The largest absolute Gasteiger partial charge is 0.479 e. The summed E-state index contributed by atoms with van der Waals surface area (Å²) in [6, 6.07) is 20.3. The molecule has 0 spiro atoms. The fraction of sp³-hybridized carbons (Fsp3) is 0.370. The number of ether oxygens (including phenoxy) is 1. The molecule has 3 aromatic rings. The first-order valence-corrected chi connectivity index (χ1v) is 13.2. The zero-order valence-electron chi connectivity index (χ0n) is 20.8. The highest BCUT2D eigenvalue weighted by atomic mass is 32.2. The summed E-state index contributed by atoms with van der Waals surface area (Å²) < 4.78 is 11.0. The lowest BCUT2D eigenvalue weighted by molar-refractivity contribution is -0.149. The maximum absolute atomic E-state index is 12.4. The second-order valence-electron chi connectivity index (χ2n) is 9.28. The Kier molecular flexibility index (Phi) is 7.94. The number of benzene rings is 2. The first-order valence-electron chi connectivity index (χ1n) is 11.8. The average Bonchev–Trinajstić information content (AvgIpc) is 3.38. The fourth-order valence-corrected chi connectivity index (χ4v) is 4.88. The van der Waals surface area contributed by atoms with Crippen LogP contribution in [0.15, 0.2) is 70.2 Å². The number of carbonyl (C=O) groups is 1. The molecule has 4 rings (SSSR count). The monoisotopic (exact) mass is 508 g/mol. The first kappa shape index (κ1) is 26.1. The maximum Gasteiger partial charge on any atom is 0.345 e. The van der Waals surface area contributed by atoms with E-state index in [2.05, 4.69) is 60.4 Å². The number of thioether (sulfide) groups is 1. The molecule has 1 aliphatic rings. The van der Waals surface area contributed by atoms with Gasteiger partial charge in [-0.25, -0.2) is 9.79 Å². The predicted molar refractivity (Wildman–Crippen MR) is 143 cm³/mol. The van der Waals surface area contributed by atoms with E-state index in [9.17, 15) is 9.90 Å². The highest BCUT2D eigenvalue weighted by Gasteiger charge is 2.46. The molecule has 9 heteroatoms. The van der Waals surface area contributed by atoms with Crippen molar-refractivity contribution in [2.24, 2.45) is 10.7 Å². The van der Waals surface area contributed by atoms with Gasteiger partial charge in [0.2, 0.25) is 5.66 Å². The molecular formula is C27H32N4O4S. The zero-order valence-corrected chi connectivity index (χ0v) is 21.6. The molecule has 2 aromatic carbocycles. The van der Waals surface area contributed by atoms with Gasteiger partial charge in [0.25, 0.3) is 5.88 Å². The zero-order chi connectivity index (χ0) is 25.8. The summed E-state index contributed by atoms with van der Waals surface area (Å²) >= 11 is 1.45. The fourth-order valence-electron chi connectivity index (χ4n) is 4.33. The summed E-state index contributed by atoms with van der Waals surface area (Å²) in [7, 11) is 0. The van der Waals surface area contributed by atoms with Gasteiger partial charge in [-0.15, -0.1) is 0 Å². The van der Waals surface area contributed by atoms with E-state index >= 15 is 0 Å². The summed E-state index contributed by atoms with van der Waals surface area (Å²) in [4.78, 5) is 18.6. The lowest BCUT2D eigenvalue weighted by Crippen LogP contribution is -2.69. The van der Waals surface area contributed by atoms with Crippen molar-refractivity contribution in [2.75, 3.05) is 38.3 Å². The third-order valence-electron chi connectivity index (χ3n) is 6.65. The number of aromatic nitrogens is 1. The van der Waals surface area contributed by atoms with Crippen molar-refractivity contribution in [2.45, 2.75) is 24.9 Å². The molecule has 2 heterocycles. The second-order valence-corrected chi connectivity index (χ2v) is 10.1. The van der Waals surface area contributed by atoms with Crippen LogP contribution in [0.25, 0.3) is 11.1 Å². The summed E-state index contributed by atoms with van der Waals surface area (Å²) in [5.41, 5.74) is 8.65. The van der Waals surface area contributed by atoms with Crippen LogP contribution in [-0.4, -0.2) is 70.8 Å². The Morgan fingerprint density at radius 3 is 2.36 bits per heavy atom. The number of hydrogen-bond donors (Lipinski definition) is 2. The number of hydrogen-bond acceptors (Lipinski definition) is 8. The second kappa shape index (κ2) is 11.0. The minimum Gasteiger partial charge on any atom is -0.479 e. The van der Waals surface area contributed by atoms with Crippen LogP contribution in [-0.2, 0) is 14.9 Å². The van der Waals surface area contributed by atoms with Gasteiger partial charge in [0.05, 0.1) is 24.6 Å². The SMILES string of the molecule is CSC/C(=N\c1cc(C(C)(C)c2ccc(-c3ccccc3)cc2)no1)C(N)(C(=O)O)N1CCOCC1. The number of aliphatic carboxylic acids is 1. The standard InChI is InChI=1S/C27H32N4O4S/c1-26(2,21-11-9-20(10-12-21)19-7-5-4-6-8-19)22-17-24(35-30-22)29-23(18-36-3)27(28,25(32)33)31-13-15-34-16-14-31/h4-12,17H,13-16,18,28H2,1-3H3,(H,32,33)/b29-23+. The minimum absolute atomic E-state index is 0.229. The molecule has 0 bridgehead atoms. The highest BCUT2D eigenvalue weighted by Crippen LogP contribution is 2.34. The van der Waals surface area contributed by atoms with Crippen LogP contribution in [0.5, 0.6) is 0 Å². The maximum atomic E-state index is 12.4. The van der Waals surface area contributed by atoms with Gasteiger partial charge < -0.3 is 14.4 Å². The van der Waals surface area contributed by atoms with Gasteiger partial charge in [0, 0.05) is 30.3 Å². The lowest BCUT2D eigenvalue weighted by Gasteiger charge is -2.40. The van der Waals surface area contributed by atoms with Gasteiger partial charge in [-0.2, -0.15) is 11.8 Å². The summed E-state index contributed by atoms with van der Waals surface area (Å²) in [5.74, 6) is -0.594. The number of morpholine rings is 1. The molecule has 3 N–H and O–H groups in total. The van der Waals surface area contributed by atoms with Crippen molar-refractivity contribution in [1.82, 2.24) is 10.1 Å². The highest BCUT2D eigenvalue weighted by molar-refractivity contribution is 7.99. The number of aliphatic imine (C=N–C) groups is 1. The number of nitrogens with two attached hydrogens (primary N) is 1. The molecule has 1 saturated heterocycles. The van der Waals surface area contributed by atoms with E-state index in [1.54, 1.807) is 11.0 Å². The molecule has 0 aliphatic carbocycles. The van der Waals surface area contributed by atoms with Crippen molar-refractivity contribution >= 4 is 29.3 Å². The Morgan fingerprint density at radius 1 is 1.11 bits per heavy atom. The molecule has 190 valence electrons. The number of carboxylic acids is 1. The molecule has 1 aliphatic heterocycles. The summed E-state index contributed by atoms with van der Waals surface area (Å²) in [6.07, 6.45) is 1.88. The van der Waals surface area contributed by atoms with Crippen molar-refractivity contribution in [3.8, 4) is 11.1 Å². The molecule has 1 fully saturated rings. The smallest absolute Gasteiger partial charge is 0.345 e. The number of rotatable bonds is 9. The minimum atomic E-state index is -1.76. The van der Waals surface area contributed by atoms with Crippen LogP contribution in [0.2, 0.25) is 0 Å². The van der Waals surface area contributed by atoms with Crippen molar-refractivity contribution in [1.29, 1.82) is 0 Å². The van der Waals surface area contributed by atoms with Crippen LogP contribution >= 0.6 is 11.8 Å². The summed E-state index contributed by atoms with van der Waals surface area (Å²) in [5, 5.41) is 14.4. The first-order chi connectivity index (χ1) is 17.3. The topological polar surface area (TPSA) is 114 Å². The Balaban J connectivity index is 1.62. The Labute approximate surface area is 215 Å². The van der Waals surface area contributed by atoms with E-state index in [-0.39, 0.29) is 5.88 Å². The van der Waals surface area contributed by atoms with Crippen molar-refractivity contribution in [3.63, 3.8) is 0 Å². The number of carboxylic acid groups (broad SMARTS) is 1. The van der Waals surface area contributed by atoms with Crippen LogP contribution in [0.1, 0.15) is 25.1 Å². The molecular weight excluding hydrogens is 476 g/mol. The number of nitrogens with zero attached hydrogens (tertiary/aromatic N) is 3. The van der Waals surface area contributed by atoms with E-state index in [4.69, 9.17) is 15.0 Å². The van der Waals surface area contributed by atoms with Gasteiger partial charge in [0.15, 0.2) is 0 Å². The molecule has 0 amide bonds. The van der Waals surface area contributed by atoms with Crippen molar-refractivity contribution in [3.05, 3.63) is 71.9 Å². The molecule has 1 atom stereocenters. The van der Waals surface area contributed by atoms with Crippen LogP contribution < -0.4 is 5.73 Å². The molecule has 1 unspecified atom stereocenters. The van der Waals surface area contributed by atoms with Gasteiger partial charge >= 0.3 is 5.97 Å². The van der Waals surface area contributed by atoms with Crippen LogP contribution in [0.3, 0.4) is 0 Å². The van der Waals surface area contributed by atoms with E-state index in [1.165, 1.54) is 11.8 Å². The molecule has 0 saturated carbocycles. The van der Waals surface area contributed by atoms with E-state index in [1.807, 2.05) is 24.5 Å². The van der Waals surface area contributed by atoms with E-state index in [0.717, 1.165) is 16.7 Å². The van der Waals surface area contributed by atoms with Gasteiger partial charge in [0.1, 0.15) is 0 Å². The average molecular weight is 509 g/mol. The molecule has 8 nitrogen and oxygen atoms in total. The Hall–Kier alpha value is -2.98. The van der Waals surface area contributed by atoms with Gasteiger partial charge in [-0.3, -0.25) is 10.6 Å². The molecule has 36 heavy (non-hydrogen) atoms. The van der Waals surface area contributed by atoms with Crippen molar-refractivity contribution < 1.29 is 19.2 Å². The Bertz CT molecular complexity index is 1200. The predicted octanol–water partition coefficient (Wildman–Crippen LogP) is 4.17. The third-order valence-corrected chi connectivity index (χ3v) is 7.22. The van der Waals surface area contributed by atoms with Gasteiger partial charge in [-0.05, 0) is 22.9 Å². The normalized spacial score (nSPS) is 17.1. The van der Waals surface area contributed by atoms with Crippen LogP contribution in [0.4, 0.5) is 5.88 Å². The lowest BCUT2D eigenvalue weighted by atomic mass is 9.81. The summed E-state index contributed by atoms with van der Waals surface area (Å²) in [6.45, 7) is 5.78. The van der Waals surface area contributed by atoms with Gasteiger partial charge in [-0.1, -0.05) is 73.6 Å². The molecule has 1 aromatic heterocycles. The third kappa shape index (κ3) is 5.24. The van der Waals surface area contributed by atoms with Crippen LogP contribution in [0, 0.1) is 0 Å². The van der Waals surface area contributed by atoms with E-state index < -0.39 is 17.0 Å². The molecule has 0 radical (unpaired) electrons. The Morgan fingerprint density at radius 2 is 1.75 bits per heavy atom.